The molecule has 0 saturated carbocycles. The van der Waals surface area contributed by atoms with Crippen LogP contribution in [-0.2, 0) is 0 Å². The fraction of sp³-hybridized carbons (Fsp3) is 0.562. The summed E-state index contributed by atoms with van der Waals surface area (Å²) in [5.41, 5.74) is 4.36. The predicted molar refractivity (Wildman–Crippen MR) is 86.4 cm³/mol. The van der Waals surface area contributed by atoms with Crippen molar-refractivity contribution in [1.29, 1.82) is 0 Å². The molecular weight excluding hydrogens is 316 g/mol. The molecule has 2 rings (SSSR count). The van der Waals surface area contributed by atoms with Gasteiger partial charge in [0.15, 0.2) is 0 Å². The van der Waals surface area contributed by atoms with Gasteiger partial charge < -0.3 is 9.80 Å². The minimum atomic E-state index is 0.169. The maximum Gasteiger partial charge on any atom is 0.254 e. The number of carbonyl (C=O) groups is 1. The number of hydrogen-bond acceptors (Lipinski definition) is 2. The number of piperazine rings is 1. The number of nitrogens with zero attached hydrogens (tertiary/aromatic N) is 2. The average molecular weight is 339 g/mol. The van der Waals surface area contributed by atoms with E-state index in [9.17, 15) is 4.79 Å². The Morgan fingerprint density at radius 2 is 1.70 bits per heavy atom. The van der Waals surface area contributed by atoms with Gasteiger partial charge in [-0.3, -0.25) is 4.79 Å². The normalized spacial score (nSPS) is 16.6. The van der Waals surface area contributed by atoms with Crippen LogP contribution in [0, 0.1) is 20.8 Å². The highest BCUT2D eigenvalue weighted by Crippen LogP contribution is 2.27. The zero-order valence-corrected chi connectivity index (χ0v) is 14.4. The quantitative estimate of drug-likeness (QED) is 0.826. The van der Waals surface area contributed by atoms with Crippen molar-refractivity contribution in [3.8, 4) is 0 Å². The van der Waals surface area contributed by atoms with Gasteiger partial charge in [-0.2, -0.15) is 0 Å². The molecule has 0 aromatic heterocycles. The second-order valence-corrected chi connectivity index (χ2v) is 6.36. The number of likely N-dealkylation sites (N-methyl/N-ethyl adjacent to an activating group) is 1. The van der Waals surface area contributed by atoms with Gasteiger partial charge in [-0.15, -0.1) is 0 Å². The molecule has 1 fully saturated rings. The third-order valence-corrected chi connectivity index (χ3v) is 5.32. The number of rotatable bonds is 2. The van der Waals surface area contributed by atoms with Gasteiger partial charge in [0.1, 0.15) is 0 Å². The number of carbonyl (C=O) groups excluding carboxylic acids is 1. The minimum absolute atomic E-state index is 0.169. The highest BCUT2D eigenvalue weighted by molar-refractivity contribution is 9.10. The second kappa shape index (κ2) is 6.27. The van der Waals surface area contributed by atoms with E-state index in [-0.39, 0.29) is 5.91 Å². The third kappa shape index (κ3) is 2.91. The van der Waals surface area contributed by atoms with Crippen LogP contribution in [0.2, 0.25) is 0 Å². The zero-order valence-electron chi connectivity index (χ0n) is 12.8. The lowest BCUT2D eigenvalue weighted by Gasteiger charge is -2.34. The molecule has 0 radical (unpaired) electrons. The average Bonchev–Trinajstić information content (AvgIpc) is 2.48. The van der Waals surface area contributed by atoms with E-state index in [0.717, 1.165) is 48.3 Å². The molecule has 0 atom stereocenters. The fourth-order valence-corrected chi connectivity index (χ4v) is 3.19. The topological polar surface area (TPSA) is 23.6 Å². The molecular formula is C16H23BrN2O. The molecule has 4 heteroatoms. The summed E-state index contributed by atoms with van der Waals surface area (Å²) >= 11 is 3.57. The fourth-order valence-electron chi connectivity index (χ4n) is 2.67. The first-order chi connectivity index (χ1) is 9.45. The standard InChI is InChI=1S/C16H23BrN2O/c1-5-18-6-8-19(9-7-18)16(20)14-10-15(17)13(4)11(2)12(14)3/h10H,5-9H2,1-4H3. The Bertz CT molecular complexity index is 520. The molecule has 1 aromatic carbocycles. The molecule has 110 valence electrons. The maximum atomic E-state index is 12.7. The second-order valence-electron chi connectivity index (χ2n) is 5.51. The van der Waals surface area contributed by atoms with E-state index in [4.69, 9.17) is 0 Å². The SMILES string of the molecule is CCN1CCN(C(=O)c2cc(Br)c(C)c(C)c2C)CC1. The zero-order chi connectivity index (χ0) is 14.9. The van der Waals surface area contributed by atoms with E-state index in [1.807, 2.05) is 17.9 Å². The summed E-state index contributed by atoms with van der Waals surface area (Å²) in [6, 6.07) is 1.98. The van der Waals surface area contributed by atoms with E-state index in [1.165, 1.54) is 11.1 Å². The van der Waals surface area contributed by atoms with Crippen molar-refractivity contribution in [2.24, 2.45) is 0 Å². The predicted octanol–water partition coefficient (Wildman–Crippen LogP) is 3.15. The molecule has 0 bridgehead atoms. The number of halogens is 1. The van der Waals surface area contributed by atoms with Crippen LogP contribution < -0.4 is 0 Å². The Kier molecular flexibility index (Phi) is 4.86. The van der Waals surface area contributed by atoms with Crippen molar-refractivity contribution in [1.82, 2.24) is 9.80 Å². The van der Waals surface area contributed by atoms with Crippen LogP contribution in [0.25, 0.3) is 0 Å². The van der Waals surface area contributed by atoms with Crippen LogP contribution in [0.3, 0.4) is 0 Å². The highest BCUT2D eigenvalue weighted by Gasteiger charge is 2.23. The summed E-state index contributed by atoms with van der Waals surface area (Å²) < 4.78 is 1.02. The summed E-state index contributed by atoms with van der Waals surface area (Å²) in [6.07, 6.45) is 0. The summed E-state index contributed by atoms with van der Waals surface area (Å²) in [6.45, 7) is 13.1. The lowest BCUT2D eigenvalue weighted by molar-refractivity contribution is 0.0642. The van der Waals surface area contributed by atoms with Crippen molar-refractivity contribution < 1.29 is 4.79 Å². The van der Waals surface area contributed by atoms with Crippen molar-refractivity contribution >= 4 is 21.8 Å². The van der Waals surface area contributed by atoms with Crippen LogP contribution in [0.5, 0.6) is 0 Å². The van der Waals surface area contributed by atoms with Gasteiger partial charge in [0, 0.05) is 36.2 Å². The van der Waals surface area contributed by atoms with Gasteiger partial charge in [0.25, 0.3) is 5.91 Å². The van der Waals surface area contributed by atoms with Crippen LogP contribution in [0.1, 0.15) is 34.0 Å². The first-order valence-corrected chi connectivity index (χ1v) is 8.03. The molecule has 1 heterocycles. The first kappa shape index (κ1) is 15.5. The molecule has 1 aromatic rings. The number of hydrogen-bond donors (Lipinski definition) is 0. The molecule has 20 heavy (non-hydrogen) atoms. The molecule has 0 N–H and O–H groups in total. The summed E-state index contributed by atoms with van der Waals surface area (Å²) in [7, 11) is 0. The number of amides is 1. The molecule has 0 spiro atoms. The van der Waals surface area contributed by atoms with Crippen LogP contribution in [0.15, 0.2) is 10.5 Å². The minimum Gasteiger partial charge on any atom is -0.336 e. The van der Waals surface area contributed by atoms with Gasteiger partial charge in [0.2, 0.25) is 0 Å². The Balaban J connectivity index is 2.22. The van der Waals surface area contributed by atoms with E-state index in [2.05, 4.69) is 41.6 Å². The van der Waals surface area contributed by atoms with Gasteiger partial charge in [-0.05, 0) is 50.1 Å². The molecule has 0 aliphatic carbocycles. The molecule has 0 unspecified atom stereocenters. The Hall–Kier alpha value is -0.870. The van der Waals surface area contributed by atoms with Crippen molar-refractivity contribution in [3.63, 3.8) is 0 Å². The largest absolute Gasteiger partial charge is 0.336 e. The van der Waals surface area contributed by atoms with E-state index < -0.39 is 0 Å². The first-order valence-electron chi connectivity index (χ1n) is 7.23. The molecule has 1 aliphatic heterocycles. The van der Waals surface area contributed by atoms with Crippen molar-refractivity contribution in [2.75, 3.05) is 32.7 Å². The Morgan fingerprint density at radius 1 is 1.10 bits per heavy atom. The summed E-state index contributed by atoms with van der Waals surface area (Å²) in [5, 5.41) is 0. The molecule has 1 aliphatic rings. The highest BCUT2D eigenvalue weighted by atomic mass is 79.9. The monoisotopic (exact) mass is 338 g/mol. The maximum absolute atomic E-state index is 12.7. The molecule has 3 nitrogen and oxygen atoms in total. The van der Waals surface area contributed by atoms with E-state index in [0.29, 0.717) is 0 Å². The van der Waals surface area contributed by atoms with Gasteiger partial charge in [0.05, 0.1) is 0 Å². The Labute approximate surface area is 130 Å². The lowest BCUT2D eigenvalue weighted by atomic mass is 9.98. The lowest BCUT2D eigenvalue weighted by Crippen LogP contribution is -2.48. The summed E-state index contributed by atoms with van der Waals surface area (Å²) in [4.78, 5) is 17.1. The number of benzene rings is 1. The van der Waals surface area contributed by atoms with Crippen LogP contribution in [-0.4, -0.2) is 48.4 Å². The smallest absolute Gasteiger partial charge is 0.254 e. The van der Waals surface area contributed by atoms with Crippen molar-refractivity contribution in [2.45, 2.75) is 27.7 Å². The Morgan fingerprint density at radius 3 is 2.25 bits per heavy atom. The van der Waals surface area contributed by atoms with Crippen molar-refractivity contribution in [3.05, 3.63) is 32.8 Å². The van der Waals surface area contributed by atoms with Gasteiger partial charge in [-0.25, -0.2) is 0 Å². The van der Waals surface area contributed by atoms with Crippen LogP contribution in [0.4, 0.5) is 0 Å². The van der Waals surface area contributed by atoms with Gasteiger partial charge >= 0.3 is 0 Å². The third-order valence-electron chi connectivity index (χ3n) is 4.50. The van der Waals surface area contributed by atoms with E-state index >= 15 is 0 Å². The van der Waals surface area contributed by atoms with Gasteiger partial charge in [-0.1, -0.05) is 22.9 Å². The van der Waals surface area contributed by atoms with E-state index in [1.54, 1.807) is 0 Å². The summed E-state index contributed by atoms with van der Waals surface area (Å²) in [5.74, 6) is 0.169. The molecule has 1 amide bonds. The molecule has 1 saturated heterocycles. The van der Waals surface area contributed by atoms with Crippen LogP contribution >= 0.6 is 15.9 Å².